The third-order valence-electron chi connectivity index (χ3n) is 4.17. The molecule has 0 saturated heterocycles. The third-order valence-corrected chi connectivity index (χ3v) is 5.09. The minimum Gasteiger partial charge on any atom is -0.497 e. The van der Waals surface area contributed by atoms with Crippen molar-refractivity contribution in [3.63, 3.8) is 0 Å². The summed E-state index contributed by atoms with van der Waals surface area (Å²) >= 11 is 1.27. The Labute approximate surface area is 172 Å². The van der Waals surface area contributed by atoms with Gasteiger partial charge in [-0.15, -0.1) is 0 Å². The Morgan fingerprint density at radius 1 is 1.10 bits per heavy atom. The summed E-state index contributed by atoms with van der Waals surface area (Å²) in [7, 11) is 3.19. The lowest BCUT2D eigenvalue weighted by molar-refractivity contribution is -0.123. The van der Waals surface area contributed by atoms with Crippen LogP contribution in [-0.4, -0.2) is 43.3 Å². The summed E-state index contributed by atoms with van der Waals surface area (Å²) in [4.78, 5) is 27.4. The second-order valence-corrected chi connectivity index (χ2v) is 7.13. The lowest BCUT2D eigenvalue weighted by atomic mass is 10.0. The molecular formula is C21H21N3O4S. The van der Waals surface area contributed by atoms with E-state index in [1.54, 1.807) is 14.2 Å². The smallest absolute Gasteiger partial charge is 0.236 e. The number of methoxy groups -OCH3 is 2. The highest BCUT2D eigenvalue weighted by atomic mass is 32.2. The maximum absolute atomic E-state index is 11.9. The fraction of sp³-hybridized carbons (Fsp3) is 0.190. The van der Waals surface area contributed by atoms with Gasteiger partial charge in [-0.1, -0.05) is 42.1 Å². The summed E-state index contributed by atoms with van der Waals surface area (Å²) in [5.41, 5.74) is 7.69. The van der Waals surface area contributed by atoms with Crippen LogP contribution in [0.25, 0.3) is 22.0 Å². The van der Waals surface area contributed by atoms with Gasteiger partial charge in [0, 0.05) is 12.1 Å². The van der Waals surface area contributed by atoms with Gasteiger partial charge >= 0.3 is 0 Å². The molecular weight excluding hydrogens is 390 g/mol. The highest BCUT2D eigenvalue weighted by Crippen LogP contribution is 2.39. The number of benzene rings is 2. The van der Waals surface area contributed by atoms with Crippen molar-refractivity contribution < 1.29 is 19.1 Å². The number of rotatable bonds is 8. The molecule has 3 N–H and O–H groups in total. The van der Waals surface area contributed by atoms with Gasteiger partial charge in [0.15, 0.2) is 0 Å². The number of aromatic nitrogens is 1. The molecule has 3 aromatic rings. The van der Waals surface area contributed by atoms with Gasteiger partial charge in [0.25, 0.3) is 0 Å². The number of ether oxygens (including phenoxy) is 2. The molecule has 0 aliphatic rings. The molecule has 0 aliphatic heterocycles. The number of thioether (sulfide) groups is 1. The molecule has 0 spiro atoms. The van der Waals surface area contributed by atoms with Gasteiger partial charge < -0.3 is 20.5 Å². The molecule has 2 amide bonds. The monoisotopic (exact) mass is 411 g/mol. The zero-order valence-corrected chi connectivity index (χ0v) is 16.9. The van der Waals surface area contributed by atoms with E-state index in [9.17, 15) is 9.59 Å². The number of nitrogens with one attached hydrogen (secondary N) is 1. The van der Waals surface area contributed by atoms with Crippen LogP contribution in [0.5, 0.6) is 11.5 Å². The van der Waals surface area contributed by atoms with Gasteiger partial charge in [-0.2, -0.15) is 0 Å². The molecule has 0 bridgehead atoms. The highest BCUT2D eigenvalue weighted by molar-refractivity contribution is 7.99. The molecule has 3 rings (SSSR count). The molecule has 0 saturated carbocycles. The summed E-state index contributed by atoms with van der Waals surface area (Å²) in [5.74, 6) is 0.516. The Kier molecular flexibility index (Phi) is 6.56. The molecule has 0 atom stereocenters. The maximum Gasteiger partial charge on any atom is 0.236 e. The van der Waals surface area contributed by atoms with Crippen LogP contribution in [0.15, 0.2) is 53.6 Å². The van der Waals surface area contributed by atoms with E-state index in [-0.39, 0.29) is 18.2 Å². The zero-order valence-electron chi connectivity index (χ0n) is 16.1. The normalized spacial score (nSPS) is 10.6. The lowest BCUT2D eigenvalue weighted by Crippen LogP contribution is -2.34. The van der Waals surface area contributed by atoms with E-state index in [1.807, 2.05) is 48.5 Å². The molecule has 2 aromatic carbocycles. The first-order valence-corrected chi connectivity index (χ1v) is 9.80. The van der Waals surface area contributed by atoms with Crippen LogP contribution in [0.3, 0.4) is 0 Å². The Bertz CT molecular complexity index is 1040. The first-order valence-electron chi connectivity index (χ1n) is 8.82. The number of primary amides is 1. The predicted molar refractivity (Wildman–Crippen MR) is 113 cm³/mol. The summed E-state index contributed by atoms with van der Waals surface area (Å²) < 4.78 is 11.0. The molecule has 1 aromatic heterocycles. The van der Waals surface area contributed by atoms with Crippen molar-refractivity contribution in [2.24, 2.45) is 5.73 Å². The van der Waals surface area contributed by atoms with Gasteiger partial charge in [-0.3, -0.25) is 9.59 Å². The van der Waals surface area contributed by atoms with Crippen molar-refractivity contribution in [3.05, 3.63) is 48.5 Å². The molecule has 8 heteroatoms. The van der Waals surface area contributed by atoms with Crippen molar-refractivity contribution in [3.8, 4) is 22.6 Å². The minimum atomic E-state index is -0.585. The van der Waals surface area contributed by atoms with Gasteiger partial charge in [0.1, 0.15) is 11.5 Å². The van der Waals surface area contributed by atoms with Crippen molar-refractivity contribution >= 4 is 34.5 Å². The van der Waals surface area contributed by atoms with E-state index in [2.05, 4.69) is 10.3 Å². The Morgan fingerprint density at radius 2 is 1.86 bits per heavy atom. The molecule has 0 radical (unpaired) electrons. The zero-order chi connectivity index (χ0) is 20.8. The number of nitrogens with zero attached hydrogens (tertiary/aromatic N) is 1. The molecule has 7 nitrogen and oxygen atoms in total. The molecule has 0 fully saturated rings. The SMILES string of the molecule is COc1cc(OC)c2c(-c3ccccc3)cc(SCC(=O)NCC(N)=O)nc2c1. The number of carbonyl (C=O) groups is 2. The van der Waals surface area contributed by atoms with Crippen LogP contribution in [0.2, 0.25) is 0 Å². The standard InChI is InChI=1S/C21H21N3O4S/c1-27-14-8-16-21(17(9-14)28-2)15(13-6-4-3-5-7-13)10-20(24-16)29-12-19(26)23-11-18(22)25/h3-10H,11-12H2,1-2H3,(H2,22,25)(H,23,26). The molecule has 150 valence electrons. The van der Waals surface area contributed by atoms with Crippen LogP contribution in [-0.2, 0) is 9.59 Å². The van der Waals surface area contributed by atoms with Gasteiger partial charge in [-0.25, -0.2) is 4.98 Å². The average Bonchev–Trinajstić information content (AvgIpc) is 2.75. The van der Waals surface area contributed by atoms with Crippen LogP contribution in [0, 0.1) is 0 Å². The summed E-state index contributed by atoms with van der Waals surface area (Å²) in [6, 6.07) is 15.5. The van der Waals surface area contributed by atoms with E-state index in [0.29, 0.717) is 22.0 Å². The quantitative estimate of drug-likeness (QED) is 0.552. The number of amides is 2. The van der Waals surface area contributed by atoms with Gasteiger partial charge in [-0.05, 0) is 17.2 Å². The first kappa shape index (κ1) is 20.5. The Balaban J connectivity index is 2.03. The molecule has 0 aliphatic carbocycles. The van der Waals surface area contributed by atoms with E-state index in [1.165, 1.54) is 11.8 Å². The molecule has 0 unspecified atom stereocenters. The second kappa shape index (κ2) is 9.29. The number of nitrogens with two attached hydrogens (primary N) is 1. The van der Waals surface area contributed by atoms with Crippen LogP contribution < -0.4 is 20.5 Å². The third kappa shape index (κ3) is 4.97. The van der Waals surface area contributed by atoms with E-state index < -0.39 is 5.91 Å². The predicted octanol–water partition coefficient (Wildman–Crippen LogP) is 2.61. The molecule has 1 heterocycles. The fourth-order valence-electron chi connectivity index (χ4n) is 2.86. The highest BCUT2D eigenvalue weighted by Gasteiger charge is 2.15. The topological polar surface area (TPSA) is 104 Å². The van der Waals surface area contributed by atoms with Crippen LogP contribution in [0.4, 0.5) is 0 Å². The van der Waals surface area contributed by atoms with Gasteiger partial charge in [0.2, 0.25) is 11.8 Å². The van der Waals surface area contributed by atoms with Crippen LogP contribution >= 0.6 is 11.8 Å². The lowest BCUT2D eigenvalue weighted by Gasteiger charge is -2.14. The van der Waals surface area contributed by atoms with Crippen molar-refractivity contribution in [1.29, 1.82) is 0 Å². The number of pyridine rings is 1. The summed E-state index contributed by atoms with van der Waals surface area (Å²) in [6.45, 7) is -0.186. The van der Waals surface area contributed by atoms with Crippen LogP contribution in [0.1, 0.15) is 0 Å². The van der Waals surface area contributed by atoms with Crippen molar-refractivity contribution in [2.45, 2.75) is 5.03 Å². The van der Waals surface area contributed by atoms with E-state index in [4.69, 9.17) is 15.2 Å². The van der Waals surface area contributed by atoms with Gasteiger partial charge in [0.05, 0.1) is 42.4 Å². The first-order chi connectivity index (χ1) is 14.0. The Morgan fingerprint density at radius 3 is 2.52 bits per heavy atom. The number of carbonyl (C=O) groups excluding carboxylic acids is 2. The summed E-state index contributed by atoms with van der Waals surface area (Å²) in [6.07, 6.45) is 0. The largest absolute Gasteiger partial charge is 0.497 e. The second-order valence-electron chi connectivity index (χ2n) is 6.13. The average molecular weight is 411 g/mol. The Hall–Kier alpha value is -3.26. The minimum absolute atomic E-state index is 0.112. The fourth-order valence-corrected chi connectivity index (χ4v) is 3.60. The van der Waals surface area contributed by atoms with E-state index in [0.717, 1.165) is 16.5 Å². The maximum atomic E-state index is 11.9. The molecule has 29 heavy (non-hydrogen) atoms. The van der Waals surface area contributed by atoms with E-state index >= 15 is 0 Å². The van der Waals surface area contributed by atoms with Crippen molar-refractivity contribution in [2.75, 3.05) is 26.5 Å². The summed E-state index contributed by atoms with van der Waals surface area (Å²) in [5, 5.41) is 4.00. The number of hydrogen-bond acceptors (Lipinski definition) is 6. The number of hydrogen-bond donors (Lipinski definition) is 2. The van der Waals surface area contributed by atoms with Crippen molar-refractivity contribution in [1.82, 2.24) is 10.3 Å². The number of fused-ring (bicyclic) bond motifs is 1.